The van der Waals surface area contributed by atoms with E-state index >= 15 is 0 Å². The topological polar surface area (TPSA) is 64.0 Å². The van der Waals surface area contributed by atoms with Gasteiger partial charge in [-0.3, -0.25) is 14.2 Å². The summed E-state index contributed by atoms with van der Waals surface area (Å²) in [5.74, 6) is -0.276. The van der Waals surface area contributed by atoms with Gasteiger partial charge in [0.1, 0.15) is 11.4 Å². The van der Waals surface area contributed by atoms with Crippen LogP contribution in [-0.2, 0) is 11.3 Å². The molecular weight excluding hydrogens is 442 g/mol. The Kier molecular flexibility index (Phi) is 4.93. The predicted octanol–water partition coefficient (Wildman–Crippen LogP) is 6.07. The average Bonchev–Trinajstić information content (AvgIpc) is 3.31. The molecular formula is C28H19N3O2S. The molecule has 0 unspecified atom stereocenters. The van der Waals surface area contributed by atoms with Crippen LogP contribution < -0.4 is 10.9 Å². The first-order valence-corrected chi connectivity index (χ1v) is 11.8. The van der Waals surface area contributed by atoms with E-state index in [4.69, 9.17) is 0 Å². The Balaban J connectivity index is 1.35. The van der Waals surface area contributed by atoms with Crippen LogP contribution in [-0.4, -0.2) is 15.5 Å². The number of amides is 1. The van der Waals surface area contributed by atoms with Crippen LogP contribution in [0.3, 0.4) is 0 Å². The van der Waals surface area contributed by atoms with Crippen LogP contribution in [0.5, 0.6) is 0 Å². The maximum Gasteiger partial charge on any atom is 0.263 e. The van der Waals surface area contributed by atoms with Crippen molar-refractivity contribution in [3.63, 3.8) is 0 Å². The van der Waals surface area contributed by atoms with E-state index in [1.165, 1.54) is 22.2 Å². The quantitative estimate of drug-likeness (QED) is 0.347. The van der Waals surface area contributed by atoms with Gasteiger partial charge in [-0.1, -0.05) is 72.8 Å². The van der Waals surface area contributed by atoms with E-state index < -0.39 is 0 Å². The van der Waals surface area contributed by atoms with Gasteiger partial charge in [0.05, 0.1) is 11.7 Å². The third-order valence-electron chi connectivity index (χ3n) is 6.00. The van der Waals surface area contributed by atoms with Gasteiger partial charge in [0.2, 0.25) is 5.91 Å². The van der Waals surface area contributed by atoms with Gasteiger partial charge >= 0.3 is 0 Å². The van der Waals surface area contributed by atoms with Crippen molar-refractivity contribution in [1.29, 1.82) is 0 Å². The SMILES string of the molecule is O=C(Cn1cnc2scc(-c3ccc4ccccc4c3)c2c1=O)Nc1cccc2ccccc12. The van der Waals surface area contributed by atoms with Crippen molar-refractivity contribution in [1.82, 2.24) is 9.55 Å². The molecule has 0 spiro atoms. The zero-order chi connectivity index (χ0) is 23.1. The van der Waals surface area contributed by atoms with Crippen LogP contribution in [0.4, 0.5) is 5.69 Å². The van der Waals surface area contributed by atoms with Crippen molar-refractivity contribution in [2.45, 2.75) is 6.54 Å². The molecule has 6 rings (SSSR count). The molecule has 0 bridgehead atoms. The maximum absolute atomic E-state index is 13.4. The number of fused-ring (bicyclic) bond motifs is 3. The summed E-state index contributed by atoms with van der Waals surface area (Å²) in [6.07, 6.45) is 1.45. The molecule has 164 valence electrons. The van der Waals surface area contributed by atoms with Crippen LogP contribution in [0, 0.1) is 0 Å². The fourth-order valence-electron chi connectivity index (χ4n) is 4.33. The van der Waals surface area contributed by atoms with Gasteiger partial charge in [0.25, 0.3) is 5.56 Å². The van der Waals surface area contributed by atoms with Crippen molar-refractivity contribution < 1.29 is 4.79 Å². The molecule has 0 aliphatic heterocycles. The molecule has 0 aliphatic rings. The fourth-order valence-corrected chi connectivity index (χ4v) is 5.23. The second kappa shape index (κ2) is 8.24. The van der Waals surface area contributed by atoms with E-state index in [0.717, 1.165) is 38.4 Å². The minimum Gasteiger partial charge on any atom is -0.324 e. The second-order valence-corrected chi connectivity index (χ2v) is 9.00. The van der Waals surface area contributed by atoms with E-state index in [1.807, 2.05) is 66.0 Å². The zero-order valence-corrected chi connectivity index (χ0v) is 18.9. The Bertz CT molecular complexity index is 1760. The number of hydrogen-bond acceptors (Lipinski definition) is 4. The number of rotatable bonds is 4. The normalized spacial score (nSPS) is 11.3. The second-order valence-electron chi connectivity index (χ2n) is 8.14. The summed E-state index contributed by atoms with van der Waals surface area (Å²) in [5, 5.41) is 9.70. The van der Waals surface area contributed by atoms with Gasteiger partial charge in [-0.25, -0.2) is 4.98 Å². The summed E-state index contributed by atoms with van der Waals surface area (Å²) in [4.78, 5) is 31.4. The highest BCUT2D eigenvalue weighted by atomic mass is 32.1. The number of thiophene rings is 1. The lowest BCUT2D eigenvalue weighted by Gasteiger charge is -2.10. The number of carbonyl (C=O) groups is 1. The Morgan fingerprint density at radius 3 is 2.53 bits per heavy atom. The fraction of sp³-hybridized carbons (Fsp3) is 0.0357. The summed E-state index contributed by atoms with van der Waals surface area (Å²) in [6.45, 7) is -0.113. The number of nitrogens with one attached hydrogen (secondary N) is 1. The van der Waals surface area contributed by atoms with Crippen LogP contribution in [0.15, 0.2) is 101 Å². The van der Waals surface area contributed by atoms with Crippen LogP contribution in [0.25, 0.3) is 42.9 Å². The number of nitrogens with zero attached hydrogens (tertiary/aromatic N) is 2. The third kappa shape index (κ3) is 3.54. The summed E-state index contributed by atoms with van der Waals surface area (Å²) in [7, 11) is 0. The smallest absolute Gasteiger partial charge is 0.263 e. The molecule has 5 nitrogen and oxygen atoms in total. The third-order valence-corrected chi connectivity index (χ3v) is 6.89. The molecule has 34 heavy (non-hydrogen) atoms. The van der Waals surface area contributed by atoms with Crippen molar-refractivity contribution in [2.75, 3.05) is 5.32 Å². The van der Waals surface area contributed by atoms with Crippen molar-refractivity contribution in [2.24, 2.45) is 0 Å². The van der Waals surface area contributed by atoms with Gasteiger partial charge in [-0.2, -0.15) is 0 Å². The summed E-state index contributed by atoms with van der Waals surface area (Å²) in [6, 6.07) is 27.9. The van der Waals surface area contributed by atoms with Gasteiger partial charge < -0.3 is 5.32 Å². The van der Waals surface area contributed by atoms with Crippen molar-refractivity contribution in [3.05, 3.63) is 107 Å². The van der Waals surface area contributed by atoms with E-state index in [9.17, 15) is 9.59 Å². The number of hydrogen-bond donors (Lipinski definition) is 1. The van der Waals surface area contributed by atoms with E-state index in [-0.39, 0.29) is 18.0 Å². The van der Waals surface area contributed by atoms with E-state index in [1.54, 1.807) is 0 Å². The molecule has 0 saturated carbocycles. The van der Waals surface area contributed by atoms with E-state index in [2.05, 4.69) is 34.6 Å². The van der Waals surface area contributed by atoms with Gasteiger partial charge in [-0.05, 0) is 33.9 Å². The standard InChI is InChI=1S/C28H19N3O2S/c32-25(30-24-11-5-9-19-7-3-4-10-22(19)24)15-31-17-29-27-26(28(31)33)23(16-34-27)21-13-12-18-6-1-2-8-20(18)14-21/h1-14,16-17H,15H2,(H,30,32). The van der Waals surface area contributed by atoms with Gasteiger partial charge in [-0.15, -0.1) is 11.3 Å². The lowest BCUT2D eigenvalue weighted by atomic mass is 10.0. The largest absolute Gasteiger partial charge is 0.324 e. The molecule has 6 heteroatoms. The molecule has 0 aliphatic carbocycles. The molecule has 1 amide bonds. The highest BCUT2D eigenvalue weighted by Crippen LogP contribution is 2.32. The first-order chi connectivity index (χ1) is 16.7. The minimum atomic E-state index is -0.276. The monoisotopic (exact) mass is 461 g/mol. The molecule has 1 N–H and O–H groups in total. The van der Waals surface area contributed by atoms with Gasteiger partial charge in [0, 0.05) is 22.0 Å². The van der Waals surface area contributed by atoms with Crippen LogP contribution in [0.2, 0.25) is 0 Å². The molecule has 0 fully saturated rings. The Hall–Kier alpha value is -4.29. The molecule has 0 saturated heterocycles. The summed E-state index contributed by atoms with van der Waals surface area (Å²) in [5.41, 5.74) is 2.30. The zero-order valence-electron chi connectivity index (χ0n) is 18.1. The number of carbonyl (C=O) groups excluding carboxylic acids is 1. The summed E-state index contributed by atoms with van der Waals surface area (Å²) >= 11 is 1.43. The average molecular weight is 462 g/mol. The van der Waals surface area contributed by atoms with Crippen molar-refractivity contribution in [3.8, 4) is 11.1 Å². The number of benzene rings is 4. The highest BCUT2D eigenvalue weighted by molar-refractivity contribution is 7.17. The molecule has 0 atom stereocenters. The Morgan fingerprint density at radius 1 is 0.882 bits per heavy atom. The van der Waals surface area contributed by atoms with Gasteiger partial charge in [0.15, 0.2) is 0 Å². The van der Waals surface area contributed by atoms with Crippen molar-refractivity contribution >= 4 is 54.7 Å². The Labute approximate surface area is 198 Å². The molecule has 6 aromatic rings. The Morgan fingerprint density at radius 2 is 1.65 bits per heavy atom. The molecule has 0 radical (unpaired) electrons. The first-order valence-electron chi connectivity index (χ1n) is 10.9. The van der Waals surface area contributed by atoms with E-state index in [0.29, 0.717) is 10.2 Å². The van der Waals surface area contributed by atoms with Crippen LogP contribution >= 0.6 is 11.3 Å². The molecule has 4 aromatic carbocycles. The minimum absolute atomic E-state index is 0.113. The predicted molar refractivity (Wildman–Crippen MR) is 139 cm³/mol. The number of aromatic nitrogens is 2. The number of anilines is 1. The lowest BCUT2D eigenvalue weighted by Crippen LogP contribution is -2.27. The van der Waals surface area contributed by atoms with Crippen LogP contribution in [0.1, 0.15) is 0 Å². The highest BCUT2D eigenvalue weighted by Gasteiger charge is 2.15. The molecule has 2 heterocycles. The first kappa shape index (κ1) is 20.3. The molecule has 2 aromatic heterocycles. The lowest BCUT2D eigenvalue weighted by molar-refractivity contribution is -0.116. The summed E-state index contributed by atoms with van der Waals surface area (Å²) < 4.78 is 1.38. The maximum atomic E-state index is 13.4.